The smallest absolute Gasteiger partial charge is 0.354 e. The number of carbonyl (C=O) groups excluding carboxylic acids is 3. The van der Waals surface area contributed by atoms with Crippen LogP contribution in [-0.2, 0) is 20.7 Å². The molecule has 2 heterocycles. The minimum absolute atomic E-state index is 0.0542. The maximum atomic E-state index is 14.1. The number of hydrogen-bond acceptors (Lipinski definition) is 4. The lowest BCUT2D eigenvalue weighted by atomic mass is 9.74. The van der Waals surface area contributed by atoms with Crippen molar-refractivity contribution >= 4 is 28.6 Å². The van der Waals surface area contributed by atoms with E-state index in [2.05, 4.69) is 4.98 Å². The molecule has 7 heteroatoms. The van der Waals surface area contributed by atoms with Gasteiger partial charge in [-0.2, -0.15) is 0 Å². The number of likely N-dealkylation sites (tertiary alicyclic amines) is 1. The van der Waals surface area contributed by atoms with E-state index in [0.29, 0.717) is 30.7 Å². The molecule has 1 aliphatic heterocycles. The lowest BCUT2D eigenvalue weighted by Gasteiger charge is -2.37. The van der Waals surface area contributed by atoms with Crippen LogP contribution in [0.25, 0.3) is 10.9 Å². The van der Waals surface area contributed by atoms with Gasteiger partial charge in [-0.05, 0) is 86.5 Å². The molecule has 2 aliphatic carbocycles. The Bertz CT molecular complexity index is 1190. The monoisotopic (exact) mass is 552 g/mol. The number of rotatable bonds is 9. The SMILES string of the molecule is CCOC(=O)c1cc2cc(CC(=O)[C@@H]3[C@H](C4CCCCC4)CCN3C(=O)C3CCC([C@H](C)CF)CC3)ccc2[nH]1. The molecule has 2 aromatic rings. The second kappa shape index (κ2) is 12.9. The van der Waals surface area contributed by atoms with Crippen molar-refractivity contribution in [2.75, 3.05) is 19.8 Å². The van der Waals surface area contributed by atoms with Crippen molar-refractivity contribution in [3.63, 3.8) is 0 Å². The highest BCUT2D eigenvalue weighted by Gasteiger charge is 2.46. The van der Waals surface area contributed by atoms with Gasteiger partial charge in [0.1, 0.15) is 5.69 Å². The lowest BCUT2D eigenvalue weighted by Crippen LogP contribution is -2.48. The molecule has 3 fully saturated rings. The lowest BCUT2D eigenvalue weighted by molar-refractivity contribution is -0.143. The molecule has 40 heavy (non-hydrogen) atoms. The molecule has 6 nitrogen and oxygen atoms in total. The summed E-state index contributed by atoms with van der Waals surface area (Å²) in [6.45, 7) is 4.43. The number of carbonyl (C=O) groups is 3. The van der Waals surface area contributed by atoms with Crippen LogP contribution < -0.4 is 0 Å². The van der Waals surface area contributed by atoms with E-state index >= 15 is 0 Å². The minimum Gasteiger partial charge on any atom is -0.461 e. The molecule has 1 N–H and O–H groups in total. The third-order valence-electron chi connectivity index (χ3n) is 10.0. The quantitative estimate of drug-likeness (QED) is 0.353. The zero-order valence-corrected chi connectivity index (χ0v) is 24.1. The molecule has 0 spiro atoms. The van der Waals surface area contributed by atoms with E-state index in [9.17, 15) is 18.8 Å². The van der Waals surface area contributed by atoms with E-state index in [1.165, 1.54) is 19.3 Å². The first-order valence-electron chi connectivity index (χ1n) is 15.6. The Morgan fingerprint density at radius 2 is 1.77 bits per heavy atom. The van der Waals surface area contributed by atoms with Crippen LogP contribution in [0.1, 0.15) is 94.1 Å². The summed E-state index contributed by atoms with van der Waals surface area (Å²) in [7, 11) is 0. The first-order chi connectivity index (χ1) is 19.4. The van der Waals surface area contributed by atoms with Gasteiger partial charge in [0.25, 0.3) is 0 Å². The summed E-state index contributed by atoms with van der Waals surface area (Å²) >= 11 is 0. The molecule has 1 saturated heterocycles. The molecule has 2 saturated carbocycles. The average molecular weight is 553 g/mol. The summed E-state index contributed by atoms with van der Waals surface area (Å²) in [5.41, 5.74) is 2.13. The van der Waals surface area contributed by atoms with E-state index in [1.807, 2.05) is 30.0 Å². The summed E-state index contributed by atoms with van der Waals surface area (Å²) in [6, 6.07) is 7.23. The normalized spacial score (nSPS) is 26.6. The third kappa shape index (κ3) is 6.13. The third-order valence-corrected chi connectivity index (χ3v) is 10.0. The second-order valence-corrected chi connectivity index (χ2v) is 12.5. The Morgan fingerprint density at radius 1 is 1.02 bits per heavy atom. The molecule has 3 aliphatic rings. The number of nitrogens with one attached hydrogen (secondary N) is 1. The van der Waals surface area contributed by atoms with Gasteiger partial charge in [-0.3, -0.25) is 14.0 Å². The number of benzene rings is 1. The van der Waals surface area contributed by atoms with Crippen molar-refractivity contribution in [2.24, 2.45) is 29.6 Å². The molecule has 1 aromatic heterocycles. The number of esters is 1. The summed E-state index contributed by atoms with van der Waals surface area (Å²) in [6.07, 6.45) is 10.5. The number of halogens is 1. The van der Waals surface area contributed by atoms with Crippen molar-refractivity contribution in [3.8, 4) is 0 Å². The van der Waals surface area contributed by atoms with Crippen LogP contribution in [0, 0.1) is 29.6 Å². The highest BCUT2D eigenvalue weighted by Crippen LogP contribution is 2.42. The molecular formula is C33H45FN2O4. The molecule has 0 radical (unpaired) electrons. The van der Waals surface area contributed by atoms with Crippen LogP contribution in [0.5, 0.6) is 0 Å². The van der Waals surface area contributed by atoms with Crippen LogP contribution in [0.4, 0.5) is 4.39 Å². The van der Waals surface area contributed by atoms with Crippen molar-refractivity contribution in [1.82, 2.24) is 9.88 Å². The minimum atomic E-state index is -0.389. The van der Waals surface area contributed by atoms with Gasteiger partial charge in [0.2, 0.25) is 5.91 Å². The van der Waals surface area contributed by atoms with E-state index in [0.717, 1.165) is 61.4 Å². The summed E-state index contributed by atoms with van der Waals surface area (Å²) in [5.74, 6) is 0.962. The second-order valence-electron chi connectivity index (χ2n) is 12.5. The topological polar surface area (TPSA) is 79.5 Å². The molecule has 0 unspecified atom stereocenters. The van der Waals surface area contributed by atoms with E-state index in [1.54, 1.807) is 13.0 Å². The Labute approximate surface area is 237 Å². The van der Waals surface area contributed by atoms with Gasteiger partial charge in [0.15, 0.2) is 5.78 Å². The van der Waals surface area contributed by atoms with Gasteiger partial charge in [-0.25, -0.2) is 4.79 Å². The van der Waals surface area contributed by atoms with Crippen LogP contribution in [-0.4, -0.2) is 53.4 Å². The van der Waals surface area contributed by atoms with Gasteiger partial charge in [0.05, 0.1) is 19.3 Å². The van der Waals surface area contributed by atoms with E-state index in [-0.39, 0.29) is 54.6 Å². The predicted octanol–water partition coefficient (Wildman–Crippen LogP) is 6.67. The maximum absolute atomic E-state index is 14.1. The van der Waals surface area contributed by atoms with Crippen LogP contribution >= 0.6 is 0 Å². The fourth-order valence-corrected chi connectivity index (χ4v) is 7.74. The number of ether oxygens (including phenoxy) is 1. The maximum Gasteiger partial charge on any atom is 0.354 e. The van der Waals surface area contributed by atoms with Gasteiger partial charge < -0.3 is 14.6 Å². The highest BCUT2D eigenvalue weighted by molar-refractivity contribution is 5.96. The van der Waals surface area contributed by atoms with Crippen molar-refractivity contribution in [3.05, 3.63) is 35.5 Å². The van der Waals surface area contributed by atoms with Gasteiger partial charge in [-0.15, -0.1) is 0 Å². The van der Waals surface area contributed by atoms with Crippen molar-refractivity contribution in [1.29, 1.82) is 0 Å². The van der Waals surface area contributed by atoms with Gasteiger partial charge in [-0.1, -0.05) is 45.1 Å². The van der Waals surface area contributed by atoms with Crippen LogP contribution in [0.15, 0.2) is 24.3 Å². The number of nitrogens with zero attached hydrogens (tertiary/aromatic N) is 1. The fourth-order valence-electron chi connectivity index (χ4n) is 7.74. The molecule has 1 amide bonds. The van der Waals surface area contributed by atoms with Gasteiger partial charge >= 0.3 is 5.97 Å². The zero-order chi connectivity index (χ0) is 28.2. The molecule has 218 valence electrons. The average Bonchev–Trinajstić information content (AvgIpc) is 3.62. The number of amides is 1. The van der Waals surface area contributed by atoms with Crippen LogP contribution in [0.2, 0.25) is 0 Å². The zero-order valence-electron chi connectivity index (χ0n) is 24.1. The first-order valence-corrected chi connectivity index (χ1v) is 15.6. The van der Waals surface area contributed by atoms with Crippen molar-refractivity contribution in [2.45, 2.75) is 90.5 Å². The fraction of sp³-hybridized carbons (Fsp3) is 0.667. The largest absolute Gasteiger partial charge is 0.461 e. The van der Waals surface area contributed by atoms with E-state index in [4.69, 9.17) is 4.74 Å². The molecular weight excluding hydrogens is 507 g/mol. The number of H-pyrrole nitrogens is 1. The van der Waals surface area contributed by atoms with Gasteiger partial charge in [0, 0.05) is 29.8 Å². The summed E-state index contributed by atoms with van der Waals surface area (Å²) in [4.78, 5) is 45.2. The van der Waals surface area contributed by atoms with Crippen molar-refractivity contribution < 1.29 is 23.5 Å². The number of aromatic nitrogens is 1. The Balaban J connectivity index is 1.33. The van der Waals surface area contributed by atoms with E-state index < -0.39 is 0 Å². The van der Waals surface area contributed by atoms with Crippen LogP contribution in [0.3, 0.4) is 0 Å². The molecule has 5 rings (SSSR count). The molecule has 1 aromatic carbocycles. The number of hydrogen-bond donors (Lipinski definition) is 1. The first kappa shape index (κ1) is 28.8. The summed E-state index contributed by atoms with van der Waals surface area (Å²) in [5, 5.41) is 0.871. The Hall–Kier alpha value is -2.70. The molecule has 3 atom stereocenters. The Kier molecular flexibility index (Phi) is 9.27. The molecule has 0 bridgehead atoms. The number of aromatic amines is 1. The number of alkyl halides is 1. The standard InChI is InChI=1S/C33H45FN2O4/c1-3-40-33(39)29-19-26-17-22(9-14-28(26)35-29)18-30(37)31-27(24-7-5-4-6-8-24)15-16-36(31)32(38)25-12-10-23(11-13-25)21(2)20-34/h9,14,17,19,21,23-25,27,31,35H,3-8,10-13,15-16,18,20H2,1-2H3/t21-,23?,25?,27+,31+/m1/s1. The Morgan fingerprint density at radius 3 is 2.48 bits per heavy atom. The number of ketones is 1. The predicted molar refractivity (Wildman–Crippen MR) is 154 cm³/mol. The highest BCUT2D eigenvalue weighted by atomic mass is 19.1. The number of fused-ring (bicyclic) bond motifs is 1. The summed E-state index contributed by atoms with van der Waals surface area (Å²) < 4.78 is 18.3. The number of Topliss-reactive ketones (excluding diaryl/α,β-unsaturated/α-hetero) is 1.